The monoisotopic (exact) mass is 375 g/mol. The molecule has 0 spiro atoms. The molecular formula is C18H21N3O4S. The van der Waals surface area contributed by atoms with Crippen molar-refractivity contribution in [1.29, 1.82) is 0 Å². The number of piperazine rings is 1. The molecule has 1 saturated heterocycles. The maximum Gasteiger partial charge on any atom is 0.243 e. The summed E-state index contributed by atoms with van der Waals surface area (Å²) in [5.74, 6) is 1.06. The Hall–Kier alpha value is -2.16. The van der Waals surface area contributed by atoms with Gasteiger partial charge in [0.1, 0.15) is 0 Å². The number of hydrogen-bond donors (Lipinski definition) is 0. The number of benzene rings is 1. The van der Waals surface area contributed by atoms with Crippen LogP contribution in [0, 0.1) is 6.92 Å². The first-order valence-electron chi connectivity index (χ1n) is 8.57. The number of sulfonamides is 1. The minimum Gasteiger partial charge on any atom is -0.454 e. The summed E-state index contributed by atoms with van der Waals surface area (Å²) in [6.07, 6.45) is 1.79. The molecule has 0 atom stereocenters. The van der Waals surface area contributed by atoms with Crippen molar-refractivity contribution in [2.45, 2.75) is 18.4 Å². The molecule has 138 valence electrons. The van der Waals surface area contributed by atoms with Gasteiger partial charge in [0.15, 0.2) is 11.5 Å². The molecule has 1 aromatic carbocycles. The number of aromatic nitrogens is 1. The number of nitrogens with zero attached hydrogens (tertiary/aromatic N) is 3. The third-order valence-electron chi connectivity index (χ3n) is 4.80. The second kappa shape index (κ2) is 6.86. The number of aryl methyl sites for hydroxylation is 1. The summed E-state index contributed by atoms with van der Waals surface area (Å²) in [5.41, 5.74) is 2.20. The molecule has 26 heavy (non-hydrogen) atoms. The van der Waals surface area contributed by atoms with Crippen LogP contribution < -0.4 is 9.47 Å². The standard InChI is InChI=1S/C18H21N3O4S/c1-14-3-2-6-19-16(14)12-20-7-9-21(10-8-20)26(22,23)15-4-5-17-18(11-15)25-13-24-17/h2-6,11H,7-10,12-13H2,1H3. The summed E-state index contributed by atoms with van der Waals surface area (Å²) in [6.45, 7) is 5.20. The van der Waals surface area contributed by atoms with Crippen molar-refractivity contribution in [2.75, 3.05) is 33.0 Å². The Balaban J connectivity index is 1.43. The number of rotatable bonds is 4. The molecule has 0 aliphatic carbocycles. The normalized spacial score (nSPS) is 18.2. The number of ether oxygens (including phenoxy) is 2. The predicted octanol–water partition coefficient (Wildman–Crippen LogP) is 1.63. The SMILES string of the molecule is Cc1cccnc1CN1CCN(S(=O)(=O)c2ccc3c(c2)OCO3)CC1. The molecule has 0 amide bonds. The van der Waals surface area contributed by atoms with Crippen molar-refractivity contribution in [3.8, 4) is 11.5 Å². The second-order valence-corrected chi connectivity index (χ2v) is 8.40. The molecule has 0 saturated carbocycles. The molecule has 4 rings (SSSR count). The lowest BCUT2D eigenvalue weighted by Crippen LogP contribution is -2.48. The lowest BCUT2D eigenvalue weighted by molar-refractivity contribution is 0.173. The lowest BCUT2D eigenvalue weighted by atomic mass is 10.2. The zero-order valence-corrected chi connectivity index (χ0v) is 15.4. The van der Waals surface area contributed by atoms with Crippen LogP contribution in [0.4, 0.5) is 0 Å². The lowest BCUT2D eigenvalue weighted by Gasteiger charge is -2.34. The molecule has 1 fully saturated rings. The predicted molar refractivity (Wildman–Crippen MR) is 95.6 cm³/mol. The van der Waals surface area contributed by atoms with E-state index in [1.807, 2.05) is 19.1 Å². The van der Waals surface area contributed by atoms with Crippen LogP contribution >= 0.6 is 0 Å². The van der Waals surface area contributed by atoms with Gasteiger partial charge in [-0.25, -0.2) is 8.42 Å². The van der Waals surface area contributed by atoms with Crippen LogP contribution in [-0.4, -0.2) is 55.6 Å². The van der Waals surface area contributed by atoms with Crippen LogP contribution in [0.1, 0.15) is 11.3 Å². The minimum atomic E-state index is -3.53. The Kier molecular flexibility index (Phi) is 4.56. The number of pyridine rings is 1. The van der Waals surface area contributed by atoms with Crippen LogP contribution in [0.15, 0.2) is 41.4 Å². The van der Waals surface area contributed by atoms with E-state index in [0.29, 0.717) is 37.7 Å². The van der Waals surface area contributed by atoms with Gasteiger partial charge in [0.05, 0.1) is 10.6 Å². The highest BCUT2D eigenvalue weighted by Crippen LogP contribution is 2.34. The van der Waals surface area contributed by atoms with Crippen LogP contribution in [0.5, 0.6) is 11.5 Å². The Morgan fingerprint density at radius 1 is 1.08 bits per heavy atom. The van der Waals surface area contributed by atoms with E-state index >= 15 is 0 Å². The molecule has 2 aromatic rings. The molecule has 8 heteroatoms. The first-order chi connectivity index (χ1) is 12.5. The topological polar surface area (TPSA) is 72.0 Å². The third-order valence-corrected chi connectivity index (χ3v) is 6.70. The van der Waals surface area contributed by atoms with Gasteiger partial charge in [-0.1, -0.05) is 6.07 Å². The van der Waals surface area contributed by atoms with E-state index in [0.717, 1.165) is 17.8 Å². The average Bonchev–Trinajstić information content (AvgIpc) is 3.12. The maximum atomic E-state index is 12.9. The first kappa shape index (κ1) is 17.3. The third kappa shape index (κ3) is 3.27. The van der Waals surface area contributed by atoms with E-state index in [4.69, 9.17) is 9.47 Å². The van der Waals surface area contributed by atoms with E-state index in [-0.39, 0.29) is 11.7 Å². The summed E-state index contributed by atoms with van der Waals surface area (Å²) in [7, 11) is -3.53. The van der Waals surface area contributed by atoms with Gasteiger partial charge in [0.2, 0.25) is 16.8 Å². The zero-order chi connectivity index (χ0) is 18.1. The second-order valence-electron chi connectivity index (χ2n) is 6.46. The molecule has 2 aliphatic rings. The quantitative estimate of drug-likeness (QED) is 0.809. The Morgan fingerprint density at radius 3 is 2.62 bits per heavy atom. The van der Waals surface area contributed by atoms with E-state index < -0.39 is 10.0 Å². The molecule has 1 aromatic heterocycles. The van der Waals surface area contributed by atoms with E-state index in [9.17, 15) is 8.42 Å². The van der Waals surface area contributed by atoms with Crippen molar-refractivity contribution < 1.29 is 17.9 Å². The highest BCUT2D eigenvalue weighted by molar-refractivity contribution is 7.89. The van der Waals surface area contributed by atoms with Crippen LogP contribution in [0.25, 0.3) is 0 Å². The summed E-state index contributed by atoms with van der Waals surface area (Å²) in [4.78, 5) is 6.90. The van der Waals surface area contributed by atoms with Crippen LogP contribution in [-0.2, 0) is 16.6 Å². The highest BCUT2D eigenvalue weighted by atomic mass is 32.2. The summed E-state index contributed by atoms with van der Waals surface area (Å²) >= 11 is 0. The van der Waals surface area contributed by atoms with E-state index in [1.165, 1.54) is 4.31 Å². The van der Waals surface area contributed by atoms with Gasteiger partial charge in [0, 0.05) is 45.0 Å². The Morgan fingerprint density at radius 2 is 1.85 bits per heavy atom. The Labute approximate surface area is 153 Å². The molecule has 0 radical (unpaired) electrons. The fourth-order valence-electron chi connectivity index (χ4n) is 3.21. The maximum absolute atomic E-state index is 12.9. The van der Waals surface area contributed by atoms with E-state index in [2.05, 4.69) is 9.88 Å². The molecule has 7 nitrogen and oxygen atoms in total. The molecular weight excluding hydrogens is 354 g/mol. The summed E-state index contributed by atoms with van der Waals surface area (Å²) in [5, 5.41) is 0. The fraction of sp³-hybridized carbons (Fsp3) is 0.389. The van der Waals surface area contributed by atoms with Crippen molar-refractivity contribution >= 4 is 10.0 Å². The highest BCUT2D eigenvalue weighted by Gasteiger charge is 2.30. The van der Waals surface area contributed by atoms with Gasteiger partial charge in [-0.15, -0.1) is 0 Å². The molecule has 0 N–H and O–H groups in total. The average molecular weight is 375 g/mol. The molecule has 2 aliphatic heterocycles. The van der Waals surface area contributed by atoms with Gasteiger partial charge in [0.25, 0.3) is 0 Å². The fourth-order valence-corrected chi connectivity index (χ4v) is 4.65. The van der Waals surface area contributed by atoms with Gasteiger partial charge in [-0.05, 0) is 30.7 Å². The number of fused-ring (bicyclic) bond motifs is 1. The van der Waals surface area contributed by atoms with Gasteiger partial charge in [-0.3, -0.25) is 9.88 Å². The smallest absolute Gasteiger partial charge is 0.243 e. The van der Waals surface area contributed by atoms with E-state index in [1.54, 1.807) is 24.4 Å². The Bertz CT molecular complexity index is 908. The number of hydrogen-bond acceptors (Lipinski definition) is 6. The van der Waals surface area contributed by atoms with Crippen molar-refractivity contribution in [3.63, 3.8) is 0 Å². The van der Waals surface area contributed by atoms with Gasteiger partial charge >= 0.3 is 0 Å². The van der Waals surface area contributed by atoms with Gasteiger partial charge in [-0.2, -0.15) is 4.31 Å². The molecule has 0 bridgehead atoms. The first-order valence-corrected chi connectivity index (χ1v) is 10.0. The summed E-state index contributed by atoms with van der Waals surface area (Å²) < 4.78 is 37.9. The zero-order valence-electron chi connectivity index (χ0n) is 14.6. The van der Waals surface area contributed by atoms with Crippen molar-refractivity contribution in [1.82, 2.24) is 14.2 Å². The molecule has 0 unspecified atom stereocenters. The minimum absolute atomic E-state index is 0.129. The van der Waals surface area contributed by atoms with Gasteiger partial charge < -0.3 is 9.47 Å². The van der Waals surface area contributed by atoms with Crippen molar-refractivity contribution in [3.05, 3.63) is 47.8 Å². The molecule has 3 heterocycles. The van der Waals surface area contributed by atoms with Crippen LogP contribution in [0.2, 0.25) is 0 Å². The summed E-state index contributed by atoms with van der Waals surface area (Å²) in [6, 6.07) is 8.74. The van der Waals surface area contributed by atoms with Crippen LogP contribution in [0.3, 0.4) is 0 Å². The van der Waals surface area contributed by atoms with Crippen molar-refractivity contribution in [2.24, 2.45) is 0 Å². The largest absolute Gasteiger partial charge is 0.454 e.